The van der Waals surface area contributed by atoms with Crippen LogP contribution in [0.25, 0.3) is 11.0 Å². The third kappa shape index (κ3) is 2.87. The van der Waals surface area contributed by atoms with E-state index in [1.165, 1.54) is 6.07 Å². The van der Waals surface area contributed by atoms with Gasteiger partial charge in [0.05, 0.1) is 17.1 Å². The third-order valence-electron chi connectivity index (χ3n) is 2.98. The summed E-state index contributed by atoms with van der Waals surface area (Å²) in [7, 11) is 0. The van der Waals surface area contributed by atoms with E-state index in [9.17, 15) is 4.79 Å². The quantitative estimate of drug-likeness (QED) is 0.707. The smallest absolute Gasteiger partial charge is 0.338 e. The summed E-state index contributed by atoms with van der Waals surface area (Å²) in [6, 6.07) is 5.38. The molecule has 1 aromatic heterocycles. The highest BCUT2D eigenvalue weighted by Gasteiger charge is 2.10. The number of nitrogens with one attached hydrogen (secondary N) is 3. The van der Waals surface area contributed by atoms with E-state index in [-0.39, 0.29) is 5.63 Å². The number of benzene rings is 1. The normalized spacial score (nSPS) is 10.6. The van der Waals surface area contributed by atoms with Gasteiger partial charge in [-0.3, -0.25) is 0 Å². The molecule has 20 heavy (non-hydrogen) atoms. The molecule has 0 atom stereocenters. The van der Waals surface area contributed by atoms with Crippen LogP contribution >= 0.6 is 0 Å². The van der Waals surface area contributed by atoms with Crippen LogP contribution in [-0.4, -0.2) is 19.6 Å². The molecule has 3 N–H and O–H groups in total. The van der Waals surface area contributed by atoms with Gasteiger partial charge in [-0.25, -0.2) is 4.79 Å². The predicted octanol–water partition coefficient (Wildman–Crippen LogP) is 3.09. The molecule has 1 aromatic carbocycles. The van der Waals surface area contributed by atoms with Gasteiger partial charge < -0.3 is 20.4 Å². The molecule has 5 heteroatoms. The van der Waals surface area contributed by atoms with Gasteiger partial charge in [-0.2, -0.15) is 0 Å². The summed E-state index contributed by atoms with van der Waals surface area (Å²) in [6.07, 6.45) is 0. The summed E-state index contributed by atoms with van der Waals surface area (Å²) in [4.78, 5) is 11.6. The lowest BCUT2D eigenvalue weighted by molar-refractivity contribution is 0.561. The van der Waals surface area contributed by atoms with Crippen LogP contribution in [0.3, 0.4) is 0 Å². The summed E-state index contributed by atoms with van der Waals surface area (Å²) in [5, 5.41) is 10.7. The van der Waals surface area contributed by atoms with E-state index in [2.05, 4.69) is 22.9 Å². The maximum Gasteiger partial charge on any atom is 0.338 e. The fraction of sp³-hybridized carbons (Fsp3) is 0.400. The maximum atomic E-state index is 11.6. The molecule has 1 heterocycles. The summed E-state index contributed by atoms with van der Waals surface area (Å²) >= 11 is 0. The molecular formula is C15H21N3O2. The first kappa shape index (κ1) is 14.2. The zero-order valence-corrected chi connectivity index (χ0v) is 12.2. The zero-order valence-electron chi connectivity index (χ0n) is 12.2. The van der Waals surface area contributed by atoms with Gasteiger partial charge in [0, 0.05) is 37.2 Å². The Labute approximate surface area is 118 Å². The van der Waals surface area contributed by atoms with Crippen LogP contribution in [0.1, 0.15) is 20.8 Å². The zero-order chi connectivity index (χ0) is 14.5. The summed E-state index contributed by atoms with van der Waals surface area (Å²) in [5.41, 5.74) is 3.01. The van der Waals surface area contributed by atoms with Gasteiger partial charge in [-0.1, -0.05) is 0 Å². The Bertz CT molecular complexity index is 649. The average molecular weight is 275 g/mol. The fourth-order valence-electron chi connectivity index (χ4n) is 2.22. The molecule has 0 aliphatic carbocycles. The third-order valence-corrected chi connectivity index (χ3v) is 2.98. The fourth-order valence-corrected chi connectivity index (χ4v) is 2.22. The summed E-state index contributed by atoms with van der Waals surface area (Å²) in [6.45, 7) is 8.47. The van der Waals surface area contributed by atoms with E-state index in [1.54, 1.807) is 0 Å². The average Bonchev–Trinajstić information content (AvgIpc) is 2.41. The molecule has 0 radical (unpaired) electrons. The van der Waals surface area contributed by atoms with Crippen molar-refractivity contribution < 1.29 is 4.42 Å². The molecular weight excluding hydrogens is 254 g/mol. The van der Waals surface area contributed by atoms with Gasteiger partial charge in [-0.15, -0.1) is 0 Å². The summed E-state index contributed by atoms with van der Waals surface area (Å²) in [5.74, 6) is 0. The van der Waals surface area contributed by atoms with Crippen molar-refractivity contribution in [1.29, 1.82) is 0 Å². The highest BCUT2D eigenvalue weighted by molar-refractivity contribution is 5.96. The van der Waals surface area contributed by atoms with Crippen LogP contribution in [0, 0.1) is 0 Å². The van der Waals surface area contributed by atoms with Gasteiger partial charge >= 0.3 is 5.63 Å². The highest BCUT2D eigenvalue weighted by atomic mass is 16.4. The largest absolute Gasteiger partial charge is 0.423 e. The second-order valence-corrected chi connectivity index (χ2v) is 4.46. The molecule has 108 valence electrons. The van der Waals surface area contributed by atoms with Gasteiger partial charge in [0.1, 0.15) is 5.58 Å². The lowest BCUT2D eigenvalue weighted by Crippen LogP contribution is -2.07. The second-order valence-electron chi connectivity index (χ2n) is 4.46. The number of rotatable bonds is 6. The number of anilines is 3. The molecule has 0 aliphatic rings. The van der Waals surface area contributed by atoms with Crippen LogP contribution in [0.2, 0.25) is 0 Å². The van der Waals surface area contributed by atoms with Crippen LogP contribution in [0.4, 0.5) is 17.1 Å². The topological polar surface area (TPSA) is 66.3 Å². The van der Waals surface area contributed by atoms with Crippen molar-refractivity contribution in [2.75, 3.05) is 35.6 Å². The number of fused-ring (bicyclic) bond motifs is 1. The minimum Gasteiger partial charge on any atom is -0.423 e. The van der Waals surface area contributed by atoms with E-state index in [0.717, 1.165) is 42.1 Å². The maximum absolute atomic E-state index is 11.6. The Morgan fingerprint density at radius 3 is 2.00 bits per heavy atom. The van der Waals surface area contributed by atoms with Crippen molar-refractivity contribution in [1.82, 2.24) is 0 Å². The van der Waals surface area contributed by atoms with E-state index >= 15 is 0 Å². The summed E-state index contributed by atoms with van der Waals surface area (Å²) < 4.78 is 5.31. The number of hydrogen-bond donors (Lipinski definition) is 3. The first-order chi connectivity index (χ1) is 9.69. The van der Waals surface area contributed by atoms with Crippen LogP contribution in [0.15, 0.2) is 27.4 Å². The van der Waals surface area contributed by atoms with Crippen molar-refractivity contribution >= 4 is 28.0 Å². The first-order valence-electron chi connectivity index (χ1n) is 7.03. The van der Waals surface area contributed by atoms with Crippen molar-refractivity contribution in [3.05, 3.63) is 28.6 Å². The van der Waals surface area contributed by atoms with E-state index in [1.807, 2.05) is 26.0 Å². The Morgan fingerprint density at radius 1 is 0.850 bits per heavy atom. The minimum atomic E-state index is -0.341. The van der Waals surface area contributed by atoms with Crippen LogP contribution in [0.5, 0.6) is 0 Å². The van der Waals surface area contributed by atoms with Crippen molar-refractivity contribution in [2.24, 2.45) is 0 Å². The van der Waals surface area contributed by atoms with E-state index < -0.39 is 0 Å². The standard InChI is InChI=1S/C15H21N3O2/c1-4-16-11-9-15(19)20-14-8-13(18-6-3)12(17-5-2)7-10(11)14/h7-9,16-18H,4-6H2,1-3H3. The molecule has 0 saturated carbocycles. The Hall–Kier alpha value is -2.17. The van der Waals surface area contributed by atoms with Gasteiger partial charge in [0.25, 0.3) is 0 Å². The first-order valence-corrected chi connectivity index (χ1v) is 7.03. The molecule has 0 unspecified atom stereocenters. The molecule has 0 bridgehead atoms. The predicted molar refractivity (Wildman–Crippen MR) is 85.0 cm³/mol. The van der Waals surface area contributed by atoms with Gasteiger partial charge in [0.15, 0.2) is 0 Å². The molecule has 0 saturated heterocycles. The Balaban J connectivity index is 2.65. The van der Waals surface area contributed by atoms with Crippen LogP contribution < -0.4 is 21.6 Å². The molecule has 0 aliphatic heterocycles. The lowest BCUT2D eigenvalue weighted by atomic mass is 10.1. The van der Waals surface area contributed by atoms with Crippen molar-refractivity contribution in [3.8, 4) is 0 Å². The molecule has 2 rings (SSSR count). The van der Waals surface area contributed by atoms with Gasteiger partial charge in [-0.05, 0) is 26.8 Å². The lowest BCUT2D eigenvalue weighted by Gasteiger charge is -2.14. The molecule has 0 spiro atoms. The highest BCUT2D eigenvalue weighted by Crippen LogP contribution is 2.31. The minimum absolute atomic E-state index is 0.341. The van der Waals surface area contributed by atoms with E-state index in [0.29, 0.717) is 5.58 Å². The van der Waals surface area contributed by atoms with E-state index in [4.69, 9.17) is 4.42 Å². The van der Waals surface area contributed by atoms with Crippen molar-refractivity contribution in [3.63, 3.8) is 0 Å². The molecule has 0 amide bonds. The number of hydrogen-bond acceptors (Lipinski definition) is 5. The monoisotopic (exact) mass is 275 g/mol. The van der Waals surface area contributed by atoms with Crippen LogP contribution in [-0.2, 0) is 0 Å². The Kier molecular flexibility index (Phi) is 4.50. The Morgan fingerprint density at radius 2 is 1.40 bits per heavy atom. The SMILES string of the molecule is CCNc1cc2oc(=O)cc(NCC)c2cc1NCC. The van der Waals surface area contributed by atoms with Crippen molar-refractivity contribution in [2.45, 2.75) is 20.8 Å². The molecule has 5 nitrogen and oxygen atoms in total. The van der Waals surface area contributed by atoms with Gasteiger partial charge in [0.2, 0.25) is 0 Å². The second kappa shape index (κ2) is 6.32. The molecule has 0 fully saturated rings. The molecule has 2 aromatic rings.